The van der Waals surface area contributed by atoms with Gasteiger partial charge in [-0.05, 0) is 18.6 Å². The lowest BCUT2D eigenvalue weighted by Gasteiger charge is -1.91. The van der Waals surface area contributed by atoms with E-state index in [-0.39, 0.29) is 0 Å². The largest absolute Gasteiger partial charge is 0.227 e. The maximum Gasteiger partial charge on any atom is 0.164 e. The Balaban J connectivity index is 2.96. The van der Waals surface area contributed by atoms with Crippen molar-refractivity contribution in [3.8, 4) is 0 Å². The highest BCUT2D eigenvalue weighted by molar-refractivity contribution is 7.76. The van der Waals surface area contributed by atoms with Gasteiger partial charge in [-0.25, -0.2) is 8.42 Å². The van der Waals surface area contributed by atoms with Crippen molar-refractivity contribution >= 4 is 16.8 Å². The van der Waals surface area contributed by atoms with E-state index in [2.05, 4.69) is 0 Å². The standard InChI is InChI=1S/C9H10O2S/c1-8(12(10)11)7-9-5-3-2-4-6-9/h2-7,12H,1H3/b8-7+. The van der Waals surface area contributed by atoms with Crippen molar-refractivity contribution in [1.82, 2.24) is 0 Å². The predicted octanol–water partition coefficient (Wildman–Crippen LogP) is 1.66. The number of hydrogen-bond donors (Lipinski definition) is 1. The molecule has 3 heteroatoms. The lowest BCUT2D eigenvalue weighted by molar-refractivity contribution is 0.620. The molecule has 12 heavy (non-hydrogen) atoms. The Bertz CT molecular complexity index is 342. The molecule has 0 aromatic heterocycles. The van der Waals surface area contributed by atoms with Crippen molar-refractivity contribution in [2.75, 3.05) is 0 Å². The van der Waals surface area contributed by atoms with Gasteiger partial charge in [0.15, 0.2) is 10.7 Å². The van der Waals surface area contributed by atoms with Crippen LogP contribution in [0.4, 0.5) is 0 Å². The van der Waals surface area contributed by atoms with Gasteiger partial charge in [0.05, 0.1) is 0 Å². The predicted molar refractivity (Wildman–Crippen MR) is 50.4 cm³/mol. The number of thiol groups is 1. The van der Waals surface area contributed by atoms with Crippen LogP contribution < -0.4 is 0 Å². The third-order valence-electron chi connectivity index (χ3n) is 1.46. The van der Waals surface area contributed by atoms with Crippen LogP contribution in [0.25, 0.3) is 6.08 Å². The summed E-state index contributed by atoms with van der Waals surface area (Å²) in [5, 5.41) is 0. The van der Waals surface area contributed by atoms with E-state index < -0.39 is 10.7 Å². The zero-order valence-electron chi connectivity index (χ0n) is 6.73. The van der Waals surface area contributed by atoms with Crippen molar-refractivity contribution in [2.45, 2.75) is 6.92 Å². The molecule has 1 aromatic rings. The SMILES string of the molecule is C/C(=C\c1ccccc1)[SH](=O)=O. The Labute approximate surface area is 73.5 Å². The van der Waals surface area contributed by atoms with Gasteiger partial charge in [-0.1, -0.05) is 30.3 Å². The number of benzene rings is 1. The molecule has 1 aromatic carbocycles. The Morgan fingerprint density at radius 1 is 1.25 bits per heavy atom. The van der Waals surface area contributed by atoms with Gasteiger partial charge in [0.25, 0.3) is 0 Å². The molecule has 0 heterocycles. The fourth-order valence-electron chi connectivity index (χ4n) is 0.843. The van der Waals surface area contributed by atoms with E-state index in [0.717, 1.165) is 5.56 Å². The first-order valence-corrected chi connectivity index (χ1v) is 4.75. The smallest absolute Gasteiger partial charge is 0.164 e. The summed E-state index contributed by atoms with van der Waals surface area (Å²) in [5.41, 5.74) is 0.911. The molecule has 0 radical (unpaired) electrons. The molecule has 0 unspecified atom stereocenters. The van der Waals surface area contributed by atoms with E-state index in [1.54, 1.807) is 13.0 Å². The van der Waals surface area contributed by atoms with Gasteiger partial charge in [0.1, 0.15) is 0 Å². The highest BCUT2D eigenvalue weighted by atomic mass is 32.2. The molecule has 0 aliphatic heterocycles. The average Bonchev–Trinajstić information content (AvgIpc) is 2.06. The minimum Gasteiger partial charge on any atom is -0.227 e. The van der Waals surface area contributed by atoms with Gasteiger partial charge >= 0.3 is 0 Å². The molecule has 0 saturated carbocycles. The molecule has 0 atom stereocenters. The summed E-state index contributed by atoms with van der Waals surface area (Å²) in [5.74, 6) is 0. The van der Waals surface area contributed by atoms with E-state index in [9.17, 15) is 8.42 Å². The summed E-state index contributed by atoms with van der Waals surface area (Å²) in [6.45, 7) is 1.58. The number of hydrogen-bond acceptors (Lipinski definition) is 2. The van der Waals surface area contributed by atoms with E-state index in [0.29, 0.717) is 4.91 Å². The normalized spacial score (nSPS) is 12.0. The molecule has 1 rings (SSSR count). The lowest BCUT2D eigenvalue weighted by atomic mass is 10.2. The lowest BCUT2D eigenvalue weighted by Crippen LogP contribution is -1.78. The second kappa shape index (κ2) is 4.07. The van der Waals surface area contributed by atoms with Crippen LogP contribution in [-0.4, -0.2) is 8.42 Å². The highest BCUT2D eigenvalue weighted by Crippen LogP contribution is 2.05. The Morgan fingerprint density at radius 2 is 1.83 bits per heavy atom. The summed E-state index contributed by atoms with van der Waals surface area (Å²) in [4.78, 5) is 0.385. The molecule has 0 fully saturated rings. The maximum atomic E-state index is 10.5. The van der Waals surface area contributed by atoms with E-state index >= 15 is 0 Å². The van der Waals surface area contributed by atoms with Gasteiger partial charge < -0.3 is 0 Å². The molecule has 0 aliphatic rings. The first kappa shape index (κ1) is 9.00. The van der Waals surface area contributed by atoms with Crippen LogP contribution >= 0.6 is 0 Å². The second-order valence-corrected chi connectivity index (χ2v) is 3.67. The number of allylic oxidation sites excluding steroid dienone is 1. The van der Waals surface area contributed by atoms with Gasteiger partial charge in [-0.2, -0.15) is 0 Å². The van der Waals surface area contributed by atoms with Gasteiger partial charge in [0.2, 0.25) is 0 Å². The summed E-state index contributed by atoms with van der Waals surface area (Å²) >= 11 is 0. The fourth-order valence-corrected chi connectivity index (χ4v) is 1.10. The maximum absolute atomic E-state index is 10.5. The number of rotatable bonds is 2. The first-order chi connectivity index (χ1) is 5.70. The highest BCUT2D eigenvalue weighted by Gasteiger charge is 1.90. The Hall–Kier alpha value is -1.09. The minimum absolute atomic E-state index is 0.385. The minimum atomic E-state index is -2.42. The van der Waals surface area contributed by atoms with Gasteiger partial charge in [-0.15, -0.1) is 0 Å². The summed E-state index contributed by atoms with van der Waals surface area (Å²) < 4.78 is 20.9. The van der Waals surface area contributed by atoms with E-state index in [4.69, 9.17) is 0 Å². The van der Waals surface area contributed by atoms with Crippen LogP contribution in [0.5, 0.6) is 0 Å². The van der Waals surface area contributed by atoms with E-state index in [1.165, 1.54) is 0 Å². The monoisotopic (exact) mass is 182 g/mol. The summed E-state index contributed by atoms with van der Waals surface area (Å²) in [6, 6.07) is 9.36. The Kier molecular flexibility index (Phi) is 3.05. The fraction of sp³-hybridized carbons (Fsp3) is 0.111. The molecular formula is C9H10O2S. The second-order valence-electron chi connectivity index (χ2n) is 2.45. The molecule has 0 aliphatic carbocycles. The third kappa shape index (κ3) is 2.51. The average molecular weight is 182 g/mol. The molecule has 2 nitrogen and oxygen atoms in total. The zero-order chi connectivity index (χ0) is 8.97. The topological polar surface area (TPSA) is 34.1 Å². The van der Waals surface area contributed by atoms with Crippen molar-refractivity contribution in [1.29, 1.82) is 0 Å². The Morgan fingerprint density at radius 3 is 2.33 bits per heavy atom. The quantitative estimate of drug-likeness (QED) is 0.706. The zero-order valence-corrected chi connectivity index (χ0v) is 7.62. The van der Waals surface area contributed by atoms with Crippen molar-refractivity contribution in [3.05, 3.63) is 40.8 Å². The van der Waals surface area contributed by atoms with Crippen LogP contribution in [0.2, 0.25) is 0 Å². The molecule has 64 valence electrons. The van der Waals surface area contributed by atoms with Crippen molar-refractivity contribution < 1.29 is 8.42 Å². The first-order valence-electron chi connectivity index (χ1n) is 3.58. The van der Waals surface area contributed by atoms with E-state index in [1.807, 2.05) is 30.3 Å². The van der Waals surface area contributed by atoms with Crippen molar-refractivity contribution in [3.63, 3.8) is 0 Å². The van der Waals surface area contributed by atoms with Gasteiger partial charge in [-0.3, -0.25) is 0 Å². The van der Waals surface area contributed by atoms with Crippen LogP contribution in [0, 0.1) is 0 Å². The molecule has 0 N–H and O–H groups in total. The van der Waals surface area contributed by atoms with Crippen LogP contribution in [0.15, 0.2) is 35.2 Å². The molecular weight excluding hydrogens is 172 g/mol. The van der Waals surface area contributed by atoms with Crippen LogP contribution in [0.1, 0.15) is 12.5 Å². The summed E-state index contributed by atoms with van der Waals surface area (Å²) in [7, 11) is -2.42. The molecule has 0 amide bonds. The molecule has 0 bridgehead atoms. The van der Waals surface area contributed by atoms with Crippen molar-refractivity contribution in [2.24, 2.45) is 0 Å². The van der Waals surface area contributed by atoms with Gasteiger partial charge in [0, 0.05) is 4.91 Å². The molecule has 0 spiro atoms. The molecule has 0 saturated heterocycles. The third-order valence-corrected chi connectivity index (χ3v) is 2.17. The van der Waals surface area contributed by atoms with Crippen LogP contribution in [0.3, 0.4) is 0 Å². The van der Waals surface area contributed by atoms with Crippen LogP contribution in [-0.2, 0) is 10.7 Å². The summed E-state index contributed by atoms with van der Waals surface area (Å²) in [6.07, 6.45) is 1.64.